The molecular weight excluding hydrogens is 312 g/mol. The third-order valence-electron chi connectivity index (χ3n) is 3.35. The van der Waals surface area contributed by atoms with E-state index in [1.54, 1.807) is 24.3 Å². The molecule has 0 aliphatic heterocycles. The number of methoxy groups -OCH3 is 1. The van der Waals surface area contributed by atoms with E-state index in [4.69, 9.17) is 14.7 Å². The number of aromatic nitrogens is 3. The second-order valence-electron chi connectivity index (χ2n) is 4.85. The summed E-state index contributed by atoms with van der Waals surface area (Å²) >= 11 is 0. The van der Waals surface area contributed by atoms with Gasteiger partial charge in [-0.25, -0.2) is 14.3 Å². The number of H-pyrrole nitrogens is 1. The second kappa shape index (κ2) is 6.26. The predicted molar refractivity (Wildman–Crippen MR) is 82.6 cm³/mol. The van der Waals surface area contributed by atoms with E-state index in [-0.39, 0.29) is 23.5 Å². The lowest BCUT2D eigenvalue weighted by Gasteiger charge is -2.05. The number of benzene rings is 1. The Balaban J connectivity index is 1.78. The van der Waals surface area contributed by atoms with Gasteiger partial charge in [-0.2, -0.15) is 5.26 Å². The first-order chi connectivity index (χ1) is 11.6. The number of nitrogens with zero attached hydrogens (tertiary/aromatic N) is 3. The van der Waals surface area contributed by atoms with Gasteiger partial charge in [-0.15, -0.1) is 0 Å². The number of carbonyl (C=O) groups excluding carboxylic acids is 1. The molecule has 0 amide bonds. The molecule has 0 saturated heterocycles. The van der Waals surface area contributed by atoms with Crippen LogP contribution in [-0.2, 0) is 11.3 Å². The number of nitrogens with one attached hydrogen (secondary N) is 1. The van der Waals surface area contributed by atoms with Gasteiger partial charge in [-0.05, 0) is 24.3 Å². The Morgan fingerprint density at radius 2 is 2.12 bits per heavy atom. The zero-order chi connectivity index (χ0) is 17.1. The fraction of sp³-hybridized carbons (Fsp3) is 0.125. The number of nitriles is 1. The summed E-state index contributed by atoms with van der Waals surface area (Å²) in [6.07, 6.45) is 1.39. The van der Waals surface area contributed by atoms with Gasteiger partial charge in [0.15, 0.2) is 5.65 Å². The normalized spacial score (nSPS) is 10.3. The minimum atomic E-state index is -0.547. The van der Waals surface area contributed by atoms with Crippen molar-refractivity contribution in [2.45, 2.75) is 6.61 Å². The first-order valence-electron chi connectivity index (χ1n) is 6.93. The van der Waals surface area contributed by atoms with Gasteiger partial charge in [-0.3, -0.25) is 9.89 Å². The average molecular weight is 324 g/mol. The Kier molecular flexibility index (Phi) is 3.99. The highest BCUT2D eigenvalue weighted by Gasteiger charge is 2.11. The van der Waals surface area contributed by atoms with Crippen molar-refractivity contribution in [1.82, 2.24) is 14.6 Å². The zero-order valence-electron chi connectivity index (χ0n) is 12.6. The molecule has 3 aromatic rings. The minimum Gasteiger partial charge on any atom is -0.497 e. The molecule has 0 aliphatic rings. The molecule has 2 aromatic heterocycles. The van der Waals surface area contributed by atoms with Crippen molar-refractivity contribution in [1.29, 1.82) is 5.26 Å². The van der Waals surface area contributed by atoms with E-state index >= 15 is 0 Å². The standard InChI is InChI=1S/C16H12N4O4/c1-23-13-4-2-10(3-5-13)16(22)24-9-12-6-14(21)20-15(19-12)11(7-17)8-18-20/h2-6,8,18H,9H2,1H3. The molecule has 0 fully saturated rings. The maximum absolute atomic E-state index is 12.0. The Morgan fingerprint density at radius 1 is 1.38 bits per heavy atom. The van der Waals surface area contributed by atoms with Crippen molar-refractivity contribution in [2.24, 2.45) is 0 Å². The molecule has 24 heavy (non-hydrogen) atoms. The number of carbonyl (C=O) groups is 1. The maximum atomic E-state index is 12.0. The molecular formula is C16H12N4O4. The predicted octanol–water partition coefficient (Wildman–Crippen LogP) is 1.26. The molecule has 1 N–H and O–H groups in total. The SMILES string of the molecule is COc1ccc(C(=O)OCc2cc(=O)n3[nH]cc(C#N)c3n2)cc1. The van der Waals surface area contributed by atoms with Crippen LogP contribution in [0.15, 0.2) is 41.3 Å². The minimum absolute atomic E-state index is 0.174. The Labute approximate surface area is 135 Å². The van der Waals surface area contributed by atoms with E-state index in [0.717, 1.165) is 4.52 Å². The van der Waals surface area contributed by atoms with Gasteiger partial charge < -0.3 is 9.47 Å². The highest BCUT2D eigenvalue weighted by atomic mass is 16.5. The van der Waals surface area contributed by atoms with Gasteiger partial charge in [0, 0.05) is 12.3 Å². The van der Waals surface area contributed by atoms with E-state index in [9.17, 15) is 9.59 Å². The smallest absolute Gasteiger partial charge is 0.338 e. The summed E-state index contributed by atoms with van der Waals surface area (Å²) < 4.78 is 11.3. The maximum Gasteiger partial charge on any atom is 0.338 e. The summed E-state index contributed by atoms with van der Waals surface area (Å²) in [7, 11) is 1.53. The van der Waals surface area contributed by atoms with Crippen molar-refractivity contribution in [3.8, 4) is 11.8 Å². The monoisotopic (exact) mass is 324 g/mol. The van der Waals surface area contributed by atoms with E-state index in [2.05, 4.69) is 10.1 Å². The number of rotatable bonds is 4. The van der Waals surface area contributed by atoms with Crippen LogP contribution in [0, 0.1) is 11.3 Å². The van der Waals surface area contributed by atoms with Crippen LogP contribution < -0.4 is 10.3 Å². The average Bonchev–Trinajstić information content (AvgIpc) is 3.03. The summed E-state index contributed by atoms with van der Waals surface area (Å²) in [4.78, 5) is 28.1. The van der Waals surface area contributed by atoms with Crippen molar-refractivity contribution < 1.29 is 14.3 Å². The number of ether oxygens (including phenoxy) is 2. The molecule has 0 atom stereocenters. The molecule has 1 aromatic carbocycles. The molecule has 0 radical (unpaired) electrons. The highest BCUT2D eigenvalue weighted by Crippen LogP contribution is 2.13. The van der Waals surface area contributed by atoms with Crippen molar-refractivity contribution in [2.75, 3.05) is 7.11 Å². The van der Waals surface area contributed by atoms with Crippen LogP contribution in [-0.4, -0.2) is 27.7 Å². The molecule has 0 bridgehead atoms. The van der Waals surface area contributed by atoms with E-state index < -0.39 is 11.5 Å². The van der Waals surface area contributed by atoms with Crippen LogP contribution in [0.25, 0.3) is 5.65 Å². The molecule has 0 aliphatic carbocycles. The number of hydrogen-bond donors (Lipinski definition) is 1. The van der Waals surface area contributed by atoms with Crippen LogP contribution in [0.3, 0.4) is 0 Å². The first kappa shape index (κ1) is 15.3. The van der Waals surface area contributed by atoms with Crippen molar-refractivity contribution in [3.63, 3.8) is 0 Å². The van der Waals surface area contributed by atoms with Gasteiger partial charge in [0.1, 0.15) is 24.0 Å². The van der Waals surface area contributed by atoms with E-state index in [0.29, 0.717) is 11.3 Å². The van der Waals surface area contributed by atoms with Crippen LogP contribution in [0.4, 0.5) is 0 Å². The Bertz CT molecular complexity index is 996. The quantitative estimate of drug-likeness (QED) is 0.724. The zero-order valence-corrected chi connectivity index (χ0v) is 12.6. The van der Waals surface area contributed by atoms with Gasteiger partial charge >= 0.3 is 5.97 Å². The summed E-state index contributed by atoms with van der Waals surface area (Å²) in [5.74, 6) is 0.0809. The lowest BCUT2D eigenvalue weighted by atomic mass is 10.2. The molecule has 0 saturated carbocycles. The molecule has 8 heteroatoms. The van der Waals surface area contributed by atoms with Crippen LogP contribution in [0.1, 0.15) is 21.6 Å². The number of fused-ring (bicyclic) bond motifs is 1. The number of aromatic amines is 1. The topological polar surface area (TPSA) is 109 Å². The third kappa shape index (κ3) is 2.83. The Morgan fingerprint density at radius 3 is 2.79 bits per heavy atom. The van der Waals surface area contributed by atoms with Gasteiger partial charge in [-0.1, -0.05) is 0 Å². The second-order valence-corrected chi connectivity index (χ2v) is 4.85. The van der Waals surface area contributed by atoms with Gasteiger partial charge in [0.05, 0.1) is 18.4 Å². The fourth-order valence-corrected chi connectivity index (χ4v) is 2.13. The molecule has 0 unspecified atom stereocenters. The van der Waals surface area contributed by atoms with Gasteiger partial charge in [0.2, 0.25) is 0 Å². The van der Waals surface area contributed by atoms with Crippen LogP contribution in [0.2, 0.25) is 0 Å². The Hall–Kier alpha value is -3.60. The molecule has 0 spiro atoms. The first-order valence-corrected chi connectivity index (χ1v) is 6.93. The number of esters is 1. The lowest BCUT2D eigenvalue weighted by Crippen LogP contribution is -2.17. The largest absolute Gasteiger partial charge is 0.497 e. The fourth-order valence-electron chi connectivity index (χ4n) is 2.13. The number of hydrogen-bond acceptors (Lipinski definition) is 6. The lowest BCUT2D eigenvalue weighted by molar-refractivity contribution is 0.0467. The van der Waals surface area contributed by atoms with E-state index in [1.165, 1.54) is 19.4 Å². The van der Waals surface area contributed by atoms with E-state index in [1.807, 2.05) is 6.07 Å². The van der Waals surface area contributed by atoms with Crippen LogP contribution in [0.5, 0.6) is 5.75 Å². The summed E-state index contributed by atoms with van der Waals surface area (Å²) in [5, 5.41) is 11.6. The van der Waals surface area contributed by atoms with Gasteiger partial charge in [0.25, 0.3) is 5.56 Å². The molecule has 3 rings (SSSR count). The summed E-state index contributed by atoms with van der Waals surface area (Å²) in [6, 6.07) is 9.62. The molecule has 120 valence electrons. The summed E-state index contributed by atoms with van der Waals surface area (Å²) in [5.41, 5.74) is 0.652. The summed E-state index contributed by atoms with van der Waals surface area (Å²) in [6.45, 7) is -0.174. The third-order valence-corrected chi connectivity index (χ3v) is 3.35. The van der Waals surface area contributed by atoms with Crippen molar-refractivity contribution >= 4 is 11.6 Å². The molecule has 8 nitrogen and oxygen atoms in total. The highest BCUT2D eigenvalue weighted by molar-refractivity contribution is 5.89. The van der Waals surface area contributed by atoms with Crippen LogP contribution >= 0.6 is 0 Å². The van der Waals surface area contributed by atoms with Crippen molar-refractivity contribution in [3.05, 3.63) is 63.7 Å². The molecule has 2 heterocycles.